The molecular formula is C12H27NSi. The van der Waals surface area contributed by atoms with Gasteiger partial charge < -0.3 is 4.90 Å². The average molecular weight is 213 g/mol. The molecule has 14 heavy (non-hydrogen) atoms. The van der Waals surface area contributed by atoms with Crippen molar-refractivity contribution in [3.63, 3.8) is 0 Å². The minimum absolute atomic E-state index is 1.01. The van der Waals surface area contributed by atoms with Gasteiger partial charge >= 0.3 is 0 Å². The van der Waals surface area contributed by atoms with Crippen LogP contribution in [-0.4, -0.2) is 32.2 Å². The maximum atomic E-state index is 2.61. The molecule has 1 nitrogen and oxygen atoms in total. The molecule has 0 aromatic carbocycles. The number of hydrogen-bond donors (Lipinski definition) is 0. The van der Waals surface area contributed by atoms with E-state index in [0.29, 0.717) is 0 Å². The van der Waals surface area contributed by atoms with Gasteiger partial charge in [0.15, 0.2) is 0 Å². The molecule has 0 radical (unpaired) electrons. The Morgan fingerprint density at radius 3 is 2.29 bits per heavy atom. The van der Waals surface area contributed by atoms with Crippen LogP contribution >= 0.6 is 0 Å². The monoisotopic (exact) mass is 213 g/mol. The van der Waals surface area contributed by atoms with Crippen LogP contribution in [0.5, 0.6) is 0 Å². The van der Waals surface area contributed by atoms with E-state index in [2.05, 4.69) is 50.9 Å². The van der Waals surface area contributed by atoms with Crippen LogP contribution in [-0.2, 0) is 0 Å². The zero-order valence-electron chi connectivity index (χ0n) is 10.6. The average Bonchev–Trinajstić information content (AvgIpc) is 2.14. The van der Waals surface area contributed by atoms with Crippen LogP contribution in [0.25, 0.3) is 0 Å². The molecular weight excluding hydrogens is 186 g/mol. The summed E-state index contributed by atoms with van der Waals surface area (Å²) < 4.78 is 0. The molecule has 0 saturated heterocycles. The van der Waals surface area contributed by atoms with Crippen molar-refractivity contribution in [3.8, 4) is 0 Å². The smallest absolute Gasteiger partial charge is 0.0666 e. The summed E-state index contributed by atoms with van der Waals surface area (Å²) in [6, 6.07) is 1.32. The quantitative estimate of drug-likeness (QED) is 0.462. The summed E-state index contributed by atoms with van der Waals surface area (Å²) in [6.45, 7) is 14.1. The fraction of sp³-hybridized carbons (Fsp3) is 0.833. The zero-order chi connectivity index (χ0) is 11.0. The highest BCUT2D eigenvalue weighted by molar-refractivity contribution is 6.78. The van der Waals surface area contributed by atoms with Gasteiger partial charge in [-0.15, -0.1) is 0 Å². The number of nitrogens with zero attached hydrogens (tertiary/aromatic N) is 1. The third kappa shape index (κ3) is 6.38. The van der Waals surface area contributed by atoms with Crippen LogP contribution in [0, 0.1) is 0 Å². The molecule has 0 aromatic rings. The van der Waals surface area contributed by atoms with Crippen LogP contribution in [0.2, 0.25) is 19.1 Å². The highest BCUT2D eigenvalue weighted by Crippen LogP contribution is 2.12. The second-order valence-electron chi connectivity index (χ2n) is 4.81. The molecule has 0 aliphatic carbocycles. The predicted molar refractivity (Wildman–Crippen MR) is 69.5 cm³/mol. The molecule has 0 atom stereocenters. The number of rotatable bonds is 7. The van der Waals surface area contributed by atoms with Gasteiger partial charge in [-0.1, -0.05) is 39.1 Å². The molecule has 2 heteroatoms. The summed E-state index contributed by atoms with van der Waals surface area (Å²) >= 11 is 0. The van der Waals surface area contributed by atoms with Crippen molar-refractivity contribution in [3.05, 3.63) is 12.2 Å². The van der Waals surface area contributed by atoms with Gasteiger partial charge in [0.1, 0.15) is 0 Å². The van der Waals surface area contributed by atoms with E-state index < -0.39 is 8.07 Å². The first-order valence-electron chi connectivity index (χ1n) is 5.89. The van der Waals surface area contributed by atoms with Crippen LogP contribution in [0.15, 0.2) is 12.2 Å². The molecule has 0 aliphatic heterocycles. The Morgan fingerprint density at radius 1 is 1.21 bits per heavy atom. The van der Waals surface area contributed by atoms with Gasteiger partial charge in [-0.05, 0) is 38.6 Å². The molecule has 84 valence electrons. The Labute approximate surface area is 91.2 Å². The van der Waals surface area contributed by atoms with Crippen molar-refractivity contribution in [1.29, 1.82) is 0 Å². The van der Waals surface area contributed by atoms with Gasteiger partial charge in [-0.2, -0.15) is 0 Å². The Balaban J connectivity index is 4.02. The molecule has 0 aromatic heterocycles. The first kappa shape index (κ1) is 13.9. The van der Waals surface area contributed by atoms with E-state index in [-0.39, 0.29) is 0 Å². The topological polar surface area (TPSA) is 3.24 Å². The Bertz CT molecular complexity index is 164. The third-order valence-corrected chi connectivity index (χ3v) is 5.19. The van der Waals surface area contributed by atoms with Crippen molar-refractivity contribution in [2.24, 2.45) is 0 Å². The van der Waals surface area contributed by atoms with E-state index in [1.54, 1.807) is 0 Å². The number of allylic oxidation sites excluding steroid dienone is 2. The highest BCUT2D eigenvalue weighted by atomic mass is 28.3. The fourth-order valence-corrected chi connectivity index (χ4v) is 4.37. The lowest BCUT2D eigenvalue weighted by Gasteiger charge is -2.29. The number of hydrogen-bond acceptors (Lipinski definition) is 1. The molecule has 0 N–H and O–H groups in total. The fourth-order valence-electron chi connectivity index (χ4n) is 1.77. The largest absolute Gasteiger partial charge is 0.306 e. The molecule has 0 rings (SSSR count). The van der Waals surface area contributed by atoms with Crippen LogP contribution in [0.1, 0.15) is 27.2 Å². The summed E-state index contributed by atoms with van der Waals surface area (Å²) in [6.07, 6.45) is 7.15. The lowest BCUT2D eigenvalue weighted by molar-refractivity contribution is 0.329. The van der Waals surface area contributed by atoms with Crippen molar-refractivity contribution in [2.45, 2.75) is 46.3 Å². The summed E-state index contributed by atoms with van der Waals surface area (Å²) in [7, 11) is -1.01. The van der Waals surface area contributed by atoms with E-state index in [1.807, 2.05) is 0 Å². The maximum absolute atomic E-state index is 2.61. The Hall–Kier alpha value is -0.0831. The first-order chi connectivity index (χ1) is 6.55. The molecule has 0 unspecified atom stereocenters. The van der Waals surface area contributed by atoms with E-state index in [4.69, 9.17) is 0 Å². The summed E-state index contributed by atoms with van der Waals surface area (Å²) in [5, 5.41) is 0. The molecule has 0 bridgehead atoms. The molecule has 0 amide bonds. The predicted octanol–water partition coefficient (Wildman–Crippen LogP) is 3.54. The molecule has 0 fully saturated rings. The second-order valence-corrected chi connectivity index (χ2v) is 9.86. The minimum atomic E-state index is -1.01. The molecule has 0 aliphatic rings. The molecule has 0 saturated carbocycles. The first-order valence-corrected chi connectivity index (χ1v) is 9.30. The molecule has 0 spiro atoms. The summed E-state index contributed by atoms with van der Waals surface area (Å²) in [5.41, 5.74) is 0. The van der Waals surface area contributed by atoms with Gasteiger partial charge in [0.25, 0.3) is 0 Å². The van der Waals surface area contributed by atoms with Crippen LogP contribution < -0.4 is 0 Å². The minimum Gasteiger partial charge on any atom is -0.306 e. The maximum Gasteiger partial charge on any atom is 0.0666 e. The lowest BCUT2D eigenvalue weighted by Crippen LogP contribution is -2.42. The SMILES string of the molecule is CC=CC[Si](C)(C)CN(CC)CCC. The van der Waals surface area contributed by atoms with Gasteiger partial charge in [-0.3, -0.25) is 0 Å². The highest BCUT2D eigenvalue weighted by Gasteiger charge is 2.21. The zero-order valence-corrected chi connectivity index (χ0v) is 11.6. The standard InChI is InChI=1S/C12H27NSi/c1-6-9-11-14(4,5)12-13(8-3)10-7-2/h6,9H,7-8,10-12H2,1-5H3. The third-order valence-electron chi connectivity index (χ3n) is 2.54. The van der Waals surface area contributed by atoms with E-state index in [9.17, 15) is 0 Å². The van der Waals surface area contributed by atoms with E-state index in [0.717, 1.165) is 0 Å². The van der Waals surface area contributed by atoms with Crippen LogP contribution in [0.4, 0.5) is 0 Å². The second kappa shape index (κ2) is 7.24. The van der Waals surface area contributed by atoms with Gasteiger partial charge in [-0.25, -0.2) is 0 Å². The molecule has 0 heterocycles. The lowest BCUT2D eigenvalue weighted by atomic mass is 10.4. The van der Waals surface area contributed by atoms with Gasteiger partial charge in [0.2, 0.25) is 0 Å². The Kier molecular flexibility index (Phi) is 7.20. The van der Waals surface area contributed by atoms with Crippen molar-refractivity contribution in [1.82, 2.24) is 4.90 Å². The van der Waals surface area contributed by atoms with E-state index in [1.165, 1.54) is 31.7 Å². The van der Waals surface area contributed by atoms with Gasteiger partial charge in [0, 0.05) is 0 Å². The van der Waals surface area contributed by atoms with Crippen molar-refractivity contribution >= 4 is 8.07 Å². The summed E-state index contributed by atoms with van der Waals surface area (Å²) in [4.78, 5) is 2.61. The Morgan fingerprint density at radius 2 is 1.86 bits per heavy atom. The van der Waals surface area contributed by atoms with Gasteiger partial charge in [0.05, 0.1) is 8.07 Å². The van der Waals surface area contributed by atoms with E-state index >= 15 is 0 Å². The van der Waals surface area contributed by atoms with Crippen molar-refractivity contribution in [2.75, 3.05) is 19.3 Å². The summed E-state index contributed by atoms with van der Waals surface area (Å²) in [5.74, 6) is 0. The van der Waals surface area contributed by atoms with Crippen LogP contribution in [0.3, 0.4) is 0 Å². The normalized spacial score (nSPS) is 13.0. The van der Waals surface area contributed by atoms with Crippen molar-refractivity contribution < 1.29 is 0 Å².